The van der Waals surface area contributed by atoms with Crippen molar-refractivity contribution in [3.63, 3.8) is 0 Å². The van der Waals surface area contributed by atoms with E-state index in [1.807, 2.05) is 0 Å². The zero-order valence-corrected chi connectivity index (χ0v) is 16.7. The van der Waals surface area contributed by atoms with Crippen LogP contribution in [0, 0.1) is 0 Å². The maximum absolute atomic E-state index is 6.00. The molecule has 0 bridgehead atoms. The first-order chi connectivity index (χ1) is 12.2. The van der Waals surface area contributed by atoms with E-state index in [-0.39, 0.29) is 6.04 Å². The molecule has 0 aliphatic carbocycles. The molecular weight excluding hydrogens is 376 g/mol. The summed E-state index contributed by atoms with van der Waals surface area (Å²) in [6.07, 6.45) is 1.05. The van der Waals surface area contributed by atoms with Crippen LogP contribution in [-0.2, 0) is 6.42 Å². The summed E-state index contributed by atoms with van der Waals surface area (Å²) < 4.78 is 7.15. The summed E-state index contributed by atoms with van der Waals surface area (Å²) in [6.45, 7) is 9.24. The lowest BCUT2D eigenvalue weighted by Gasteiger charge is -2.28. The molecule has 0 saturated carbocycles. The molecule has 0 amide bonds. The van der Waals surface area contributed by atoms with Crippen LogP contribution >= 0.6 is 15.9 Å². The van der Waals surface area contributed by atoms with Crippen molar-refractivity contribution in [3.05, 3.63) is 63.6 Å². The number of hydrogen-bond donors (Lipinski definition) is 1. The highest BCUT2D eigenvalue weighted by atomic mass is 79.9. The topological polar surface area (TPSA) is 24.5 Å². The Morgan fingerprint density at radius 2 is 1.92 bits per heavy atom. The third-order valence-electron chi connectivity index (χ3n) is 4.96. The molecule has 2 aromatic rings. The second-order valence-corrected chi connectivity index (χ2v) is 7.25. The minimum Gasteiger partial charge on any atom is -0.492 e. The Morgan fingerprint density at radius 3 is 2.68 bits per heavy atom. The van der Waals surface area contributed by atoms with Gasteiger partial charge in [0.1, 0.15) is 12.4 Å². The molecule has 0 saturated heterocycles. The van der Waals surface area contributed by atoms with Crippen molar-refractivity contribution in [2.45, 2.75) is 26.3 Å². The number of likely N-dealkylation sites (N-methyl/N-ethyl adjacent to an activating group) is 1. The van der Waals surface area contributed by atoms with Gasteiger partial charge in [-0.3, -0.25) is 0 Å². The largest absolute Gasteiger partial charge is 0.492 e. The quantitative estimate of drug-likeness (QED) is 0.742. The molecule has 0 radical (unpaired) electrons. The molecule has 3 rings (SSSR count). The highest BCUT2D eigenvalue weighted by Crippen LogP contribution is 2.34. The first-order valence-electron chi connectivity index (χ1n) is 9.18. The summed E-state index contributed by atoms with van der Waals surface area (Å²) in [5.41, 5.74) is 4.03. The Bertz CT molecular complexity index is 700. The molecule has 0 aromatic heterocycles. The third kappa shape index (κ3) is 4.43. The molecule has 25 heavy (non-hydrogen) atoms. The fourth-order valence-electron chi connectivity index (χ4n) is 3.45. The number of halogens is 1. The van der Waals surface area contributed by atoms with Crippen molar-refractivity contribution in [3.8, 4) is 5.75 Å². The summed E-state index contributed by atoms with van der Waals surface area (Å²) in [5, 5.41) is 3.65. The average molecular weight is 403 g/mol. The second-order valence-electron chi connectivity index (χ2n) is 6.39. The van der Waals surface area contributed by atoms with Crippen molar-refractivity contribution in [2.24, 2.45) is 0 Å². The normalized spacial score (nSPS) is 16.7. The van der Waals surface area contributed by atoms with Crippen LogP contribution in [-0.4, -0.2) is 37.7 Å². The Hall–Kier alpha value is -1.36. The number of benzene rings is 2. The van der Waals surface area contributed by atoms with Gasteiger partial charge in [0, 0.05) is 17.6 Å². The van der Waals surface area contributed by atoms with Crippen molar-refractivity contribution >= 4 is 15.9 Å². The number of nitrogens with one attached hydrogen (secondary N) is 1. The summed E-state index contributed by atoms with van der Waals surface area (Å²) in [7, 11) is 0. The fourth-order valence-corrected chi connectivity index (χ4v) is 3.96. The molecule has 2 aromatic carbocycles. The third-order valence-corrected chi connectivity index (χ3v) is 5.68. The minimum absolute atomic E-state index is 0.240. The van der Waals surface area contributed by atoms with Gasteiger partial charge >= 0.3 is 0 Å². The van der Waals surface area contributed by atoms with Crippen LogP contribution in [0.25, 0.3) is 0 Å². The van der Waals surface area contributed by atoms with E-state index in [1.54, 1.807) is 0 Å². The molecule has 1 aliphatic heterocycles. The summed E-state index contributed by atoms with van der Waals surface area (Å²) in [6, 6.07) is 15.2. The molecule has 1 N–H and O–H groups in total. The van der Waals surface area contributed by atoms with Gasteiger partial charge in [-0.05, 0) is 54.4 Å². The van der Waals surface area contributed by atoms with Crippen LogP contribution in [0.15, 0.2) is 46.9 Å². The Labute approximate surface area is 159 Å². The lowest BCUT2D eigenvalue weighted by molar-refractivity contribution is 0.222. The van der Waals surface area contributed by atoms with Crippen molar-refractivity contribution < 1.29 is 4.74 Å². The van der Waals surface area contributed by atoms with Crippen LogP contribution in [0.5, 0.6) is 5.75 Å². The standard InChI is InChI=1S/C21H27BrN2O/c1-3-24(4-2)13-14-25-17-9-10-18-16(15-17)11-12-23-21(18)19-7-5-6-8-20(19)22/h5-10,15,21,23H,3-4,11-14H2,1-2H3. The van der Waals surface area contributed by atoms with Gasteiger partial charge in [-0.15, -0.1) is 0 Å². The lowest BCUT2D eigenvalue weighted by Crippen LogP contribution is -2.31. The van der Waals surface area contributed by atoms with E-state index in [9.17, 15) is 0 Å². The van der Waals surface area contributed by atoms with E-state index >= 15 is 0 Å². The monoisotopic (exact) mass is 402 g/mol. The van der Waals surface area contributed by atoms with Gasteiger partial charge in [-0.1, -0.05) is 54.0 Å². The van der Waals surface area contributed by atoms with Crippen molar-refractivity contribution in [1.82, 2.24) is 10.2 Å². The molecule has 4 heteroatoms. The van der Waals surface area contributed by atoms with Gasteiger partial charge in [0.05, 0.1) is 6.04 Å². The van der Waals surface area contributed by atoms with Gasteiger partial charge in [-0.25, -0.2) is 0 Å². The summed E-state index contributed by atoms with van der Waals surface area (Å²) in [4.78, 5) is 2.38. The van der Waals surface area contributed by atoms with Crippen LogP contribution < -0.4 is 10.1 Å². The Kier molecular flexibility index (Phi) is 6.51. The Balaban J connectivity index is 1.73. The summed E-state index contributed by atoms with van der Waals surface area (Å²) >= 11 is 3.69. The molecule has 0 fully saturated rings. The van der Waals surface area contributed by atoms with Crippen molar-refractivity contribution in [2.75, 3.05) is 32.8 Å². The second kappa shape index (κ2) is 8.84. The van der Waals surface area contributed by atoms with E-state index in [2.05, 4.69) is 82.5 Å². The molecular formula is C21H27BrN2O. The maximum atomic E-state index is 6.00. The molecule has 134 valence electrons. The Morgan fingerprint density at radius 1 is 1.12 bits per heavy atom. The van der Waals surface area contributed by atoms with Gasteiger partial charge in [-0.2, -0.15) is 0 Å². The minimum atomic E-state index is 0.240. The van der Waals surface area contributed by atoms with E-state index < -0.39 is 0 Å². The number of fused-ring (bicyclic) bond motifs is 1. The zero-order valence-electron chi connectivity index (χ0n) is 15.1. The van der Waals surface area contributed by atoms with E-state index in [0.717, 1.165) is 49.4 Å². The predicted molar refractivity (Wildman–Crippen MR) is 107 cm³/mol. The molecule has 1 unspecified atom stereocenters. The first-order valence-corrected chi connectivity index (χ1v) is 9.98. The average Bonchev–Trinajstić information content (AvgIpc) is 2.65. The first kappa shape index (κ1) is 18.4. The maximum Gasteiger partial charge on any atom is 0.119 e. The highest BCUT2D eigenvalue weighted by molar-refractivity contribution is 9.10. The number of nitrogens with zero attached hydrogens (tertiary/aromatic N) is 1. The molecule has 1 aliphatic rings. The molecule has 1 heterocycles. The van der Waals surface area contributed by atoms with Crippen molar-refractivity contribution in [1.29, 1.82) is 0 Å². The van der Waals surface area contributed by atoms with E-state index in [1.165, 1.54) is 16.7 Å². The van der Waals surface area contributed by atoms with E-state index in [0.29, 0.717) is 0 Å². The van der Waals surface area contributed by atoms with Crippen LogP contribution in [0.2, 0.25) is 0 Å². The van der Waals surface area contributed by atoms with Crippen LogP contribution in [0.1, 0.15) is 36.6 Å². The highest BCUT2D eigenvalue weighted by Gasteiger charge is 2.23. The van der Waals surface area contributed by atoms with Gasteiger partial charge in [0.15, 0.2) is 0 Å². The van der Waals surface area contributed by atoms with Gasteiger partial charge in [0.25, 0.3) is 0 Å². The smallest absolute Gasteiger partial charge is 0.119 e. The number of hydrogen-bond acceptors (Lipinski definition) is 3. The van der Waals surface area contributed by atoms with Gasteiger partial charge < -0.3 is 15.0 Å². The van der Waals surface area contributed by atoms with E-state index in [4.69, 9.17) is 4.74 Å². The zero-order chi connectivity index (χ0) is 17.6. The molecule has 0 spiro atoms. The lowest BCUT2D eigenvalue weighted by atomic mass is 9.90. The molecule has 1 atom stereocenters. The summed E-state index contributed by atoms with van der Waals surface area (Å²) in [5.74, 6) is 0.985. The van der Waals surface area contributed by atoms with Gasteiger partial charge in [0.2, 0.25) is 0 Å². The predicted octanol–water partition coefficient (Wildman–Crippen LogP) is 4.40. The fraction of sp³-hybridized carbons (Fsp3) is 0.429. The SMILES string of the molecule is CCN(CC)CCOc1ccc2c(c1)CCNC2c1ccccc1Br. The van der Waals surface area contributed by atoms with Crippen LogP contribution in [0.4, 0.5) is 0 Å². The molecule has 3 nitrogen and oxygen atoms in total. The number of rotatable bonds is 7. The number of ether oxygens (including phenoxy) is 1. The van der Waals surface area contributed by atoms with Crippen LogP contribution in [0.3, 0.4) is 0 Å².